The molecule has 0 aromatic carbocycles. The van der Waals surface area contributed by atoms with Crippen LogP contribution in [0.2, 0.25) is 0 Å². The first kappa shape index (κ1) is 7.88. The van der Waals surface area contributed by atoms with Gasteiger partial charge in [0.15, 0.2) is 0 Å². The predicted molar refractivity (Wildman–Crippen MR) is 34.5 cm³/mol. The summed E-state index contributed by atoms with van der Waals surface area (Å²) in [5, 5.41) is 0. The Labute approximate surface area is 58.7 Å². The summed E-state index contributed by atoms with van der Waals surface area (Å²) in [6.07, 6.45) is 1.75. The van der Waals surface area contributed by atoms with Crippen LogP contribution in [0.3, 0.4) is 0 Å². The SMILES string of the molecule is CC(F)(F)C(NN)C1CC1. The molecule has 0 heterocycles. The smallest absolute Gasteiger partial charge is 0.261 e. The van der Waals surface area contributed by atoms with Gasteiger partial charge in [-0.05, 0) is 18.8 Å². The fraction of sp³-hybridized carbons (Fsp3) is 1.00. The fourth-order valence-corrected chi connectivity index (χ4v) is 1.13. The van der Waals surface area contributed by atoms with Crippen LogP contribution in [0.25, 0.3) is 0 Å². The molecule has 0 bridgehead atoms. The molecular weight excluding hydrogens is 138 g/mol. The van der Waals surface area contributed by atoms with E-state index in [1.54, 1.807) is 0 Å². The van der Waals surface area contributed by atoms with Crippen LogP contribution in [0.1, 0.15) is 19.8 Å². The van der Waals surface area contributed by atoms with Gasteiger partial charge in [0, 0.05) is 6.92 Å². The van der Waals surface area contributed by atoms with E-state index in [0.29, 0.717) is 0 Å². The van der Waals surface area contributed by atoms with Crippen molar-refractivity contribution in [3.63, 3.8) is 0 Å². The molecule has 4 heteroatoms. The monoisotopic (exact) mass is 150 g/mol. The van der Waals surface area contributed by atoms with Crippen LogP contribution in [-0.2, 0) is 0 Å². The first-order valence-corrected chi connectivity index (χ1v) is 3.39. The molecule has 1 aliphatic rings. The molecule has 0 amide bonds. The summed E-state index contributed by atoms with van der Waals surface area (Å²) in [6, 6.07) is -0.826. The summed E-state index contributed by atoms with van der Waals surface area (Å²) in [6.45, 7) is 0.899. The van der Waals surface area contributed by atoms with Crippen molar-refractivity contribution in [3.05, 3.63) is 0 Å². The Balaban J connectivity index is 2.46. The number of hydrazine groups is 1. The second-order valence-electron chi connectivity index (χ2n) is 2.94. The van der Waals surface area contributed by atoms with Crippen molar-refractivity contribution in [3.8, 4) is 0 Å². The molecule has 0 radical (unpaired) electrons. The quantitative estimate of drug-likeness (QED) is 0.463. The minimum absolute atomic E-state index is 0.0880. The molecule has 1 fully saturated rings. The van der Waals surface area contributed by atoms with Crippen LogP contribution < -0.4 is 11.3 Å². The lowest BCUT2D eigenvalue weighted by Gasteiger charge is -2.21. The van der Waals surface area contributed by atoms with E-state index in [2.05, 4.69) is 5.43 Å². The molecule has 0 aromatic heterocycles. The largest absolute Gasteiger partial charge is 0.271 e. The predicted octanol–water partition coefficient (Wildman–Crippen LogP) is 0.884. The van der Waals surface area contributed by atoms with Crippen LogP contribution in [0.15, 0.2) is 0 Å². The van der Waals surface area contributed by atoms with Gasteiger partial charge in [-0.2, -0.15) is 0 Å². The van der Waals surface area contributed by atoms with Gasteiger partial charge in [0.1, 0.15) is 0 Å². The highest BCUT2D eigenvalue weighted by atomic mass is 19.3. The number of nitrogens with two attached hydrogens (primary N) is 1. The highest BCUT2D eigenvalue weighted by Gasteiger charge is 2.44. The van der Waals surface area contributed by atoms with Crippen LogP contribution in [0.4, 0.5) is 8.78 Å². The average molecular weight is 150 g/mol. The molecule has 1 unspecified atom stereocenters. The molecule has 60 valence electrons. The molecule has 0 saturated heterocycles. The van der Waals surface area contributed by atoms with Gasteiger partial charge in [0.05, 0.1) is 6.04 Å². The molecule has 1 atom stereocenters. The van der Waals surface area contributed by atoms with E-state index in [-0.39, 0.29) is 5.92 Å². The number of nitrogens with one attached hydrogen (secondary N) is 1. The number of hydrogen-bond acceptors (Lipinski definition) is 2. The molecule has 2 nitrogen and oxygen atoms in total. The third-order valence-electron chi connectivity index (χ3n) is 1.82. The summed E-state index contributed by atoms with van der Waals surface area (Å²) >= 11 is 0. The zero-order valence-corrected chi connectivity index (χ0v) is 5.90. The van der Waals surface area contributed by atoms with Crippen molar-refractivity contribution in [2.45, 2.75) is 31.7 Å². The van der Waals surface area contributed by atoms with Crippen LogP contribution >= 0.6 is 0 Å². The fourth-order valence-electron chi connectivity index (χ4n) is 1.13. The third kappa shape index (κ3) is 1.64. The minimum Gasteiger partial charge on any atom is -0.271 e. The highest BCUT2D eigenvalue weighted by molar-refractivity contribution is 4.91. The Hall–Kier alpha value is -0.220. The molecule has 10 heavy (non-hydrogen) atoms. The van der Waals surface area contributed by atoms with E-state index in [9.17, 15) is 8.78 Å². The molecule has 0 aromatic rings. The number of rotatable bonds is 3. The van der Waals surface area contributed by atoms with Crippen molar-refractivity contribution in [1.29, 1.82) is 0 Å². The molecule has 0 aliphatic heterocycles. The Bertz CT molecular complexity index is 117. The van der Waals surface area contributed by atoms with Gasteiger partial charge in [-0.15, -0.1) is 0 Å². The Morgan fingerprint density at radius 2 is 2.10 bits per heavy atom. The summed E-state index contributed by atoms with van der Waals surface area (Å²) in [7, 11) is 0. The minimum atomic E-state index is -2.68. The molecule has 0 spiro atoms. The topological polar surface area (TPSA) is 38.0 Å². The van der Waals surface area contributed by atoms with Crippen molar-refractivity contribution in [1.82, 2.24) is 5.43 Å². The van der Waals surface area contributed by atoms with Gasteiger partial charge in [0.2, 0.25) is 0 Å². The Morgan fingerprint density at radius 1 is 1.60 bits per heavy atom. The van der Waals surface area contributed by atoms with Gasteiger partial charge in [-0.3, -0.25) is 11.3 Å². The maximum absolute atomic E-state index is 12.5. The molecule has 1 saturated carbocycles. The zero-order chi connectivity index (χ0) is 7.78. The van der Waals surface area contributed by atoms with Crippen molar-refractivity contribution < 1.29 is 8.78 Å². The van der Waals surface area contributed by atoms with E-state index in [1.807, 2.05) is 0 Å². The Kier molecular flexibility index (Phi) is 1.92. The molecule has 1 rings (SSSR count). The van der Waals surface area contributed by atoms with Gasteiger partial charge >= 0.3 is 0 Å². The lowest BCUT2D eigenvalue weighted by atomic mass is 10.1. The van der Waals surface area contributed by atoms with E-state index in [1.165, 1.54) is 0 Å². The summed E-state index contributed by atoms with van der Waals surface area (Å²) in [4.78, 5) is 0. The van der Waals surface area contributed by atoms with Crippen LogP contribution in [0, 0.1) is 5.92 Å². The Morgan fingerprint density at radius 3 is 2.20 bits per heavy atom. The molecule has 1 aliphatic carbocycles. The maximum Gasteiger partial charge on any atom is 0.261 e. The number of halogens is 2. The summed E-state index contributed by atoms with van der Waals surface area (Å²) in [5.41, 5.74) is 2.15. The standard InChI is InChI=1S/C6H12F2N2/c1-6(7,8)5(10-9)4-2-3-4/h4-5,10H,2-3,9H2,1H3. The molecule has 3 N–H and O–H groups in total. The van der Waals surface area contributed by atoms with Crippen molar-refractivity contribution >= 4 is 0 Å². The van der Waals surface area contributed by atoms with Gasteiger partial charge < -0.3 is 0 Å². The van der Waals surface area contributed by atoms with E-state index in [4.69, 9.17) is 5.84 Å². The number of hydrogen-bond donors (Lipinski definition) is 2. The average Bonchev–Trinajstić information content (AvgIpc) is 2.46. The number of alkyl halides is 2. The van der Waals surface area contributed by atoms with E-state index < -0.39 is 12.0 Å². The first-order chi connectivity index (χ1) is 4.55. The molecular formula is C6H12F2N2. The second-order valence-corrected chi connectivity index (χ2v) is 2.94. The van der Waals surface area contributed by atoms with E-state index in [0.717, 1.165) is 19.8 Å². The third-order valence-corrected chi connectivity index (χ3v) is 1.82. The van der Waals surface area contributed by atoms with E-state index >= 15 is 0 Å². The zero-order valence-electron chi connectivity index (χ0n) is 5.90. The normalized spacial score (nSPS) is 22.8. The first-order valence-electron chi connectivity index (χ1n) is 3.39. The summed E-state index contributed by atoms with van der Waals surface area (Å²) < 4.78 is 25.1. The maximum atomic E-state index is 12.5. The van der Waals surface area contributed by atoms with Crippen molar-refractivity contribution in [2.75, 3.05) is 0 Å². The highest BCUT2D eigenvalue weighted by Crippen LogP contribution is 2.38. The van der Waals surface area contributed by atoms with Gasteiger partial charge in [-0.1, -0.05) is 0 Å². The van der Waals surface area contributed by atoms with Gasteiger partial charge in [-0.25, -0.2) is 8.78 Å². The van der Waals surface area contributed by atoms with Crippen molar-refractivity contribution in [2.24, 2.45) is 11.8 Å². The van der Waals surface area contributed by atoms with Gasteiger partial charge in [0.25, 0.3) is 5.92 Å². The van der Waals surface area contributed by atoms with Crippen LogP contribution in [-0.4, -0.2) is 12.0 Å². The second kappa shape index (κ2) is 2.43. The lowest BCUT2D eigenvalue weighted by Crippen LogP contribution is -2.48. The van der Waals surface area contributed by atoms with Crippen LogP contribution in [0.5, 0.6) is 0 Å². The summed E-state index contributed by atoms with van der Waals surface area (Å²) in [5.74, 6) is 2.37. The lowest BCUT2D eigenvalue weighted by molar-refractivity contribution is -0.0257.